The van der Waals surface area contributed by atoms with E-state index in [-0.39, 0.29) is 47.5 Å². The molecule has 1 atom stereocenters. The summed E-state index contributed by atoms with van der Waals surface area (Å²) < 4.78 is 0. The minimum atomic E-state index is -0.306. The van der Waals surface area contributed by atoms with Crippen LogP contribution in [0.2, 0.25) is 0 Å². The zero-order valence-corrected chi connectivity index (χ0v) is 14.4. The second kappa shape index (κ2) is 8.53. The molecule has 1 aliphatic heterocycles. The van der Waals surface area contributed by atoms with Crippen LogP contribution in [0, 0.1) is 5.92 Å². The Morgan fingerprint density at radius 2 is 2.04 bits per heavy atom. The first-order chi connectivity index (χ1) is 11.9. The minimum Gasteiger partial charge on any atom is -0.508 e. The minimum absolute atomic E-state index is 0.0353. The summed E-state index contributed by atoms with van der Waals surface area (Å²) in [4.78, 5) is 25.9. The fourth-order valence-electron chi connectivity index (χ4n) is 2.75. The van der Waals surface area contributed by atoms with Crippen molar-refractivity contribution in [2.24, 2.45) is 5.92 Å². The smallest absolute Gasteiger partial charge is 0.238 e. The Balaban J connectivity index is 1.75. The molecule has 2 rings (SSSR count). The van der Waals surface area contributed by atoms with Crippen molar-refractivity contribution in [1.82, 2.24) is 10.2 Å². The van der Waals surface area contributed by atoms with E-state index in [1.165, 1.54) is 18.2 Å². The number of phenolic OH excluding ortho intramolecular Hbond substituents is 2. The number of likely N-dealkylation sites (tertiary alicyclic amines) is 1. The number of aromatic hydroxyl groups is 2. The van der Waals surface area contributed by atoms with Gasteiger partial charge >= 0.3 is 0 Å². The highest BCUT2D eigenvalue weighted by Gasteiger charge is 2.24. The van der Waals surface area contributed by atoms with E-state index < -0.39 is 0 Å². The Morgan fingerprint density at radius 3 is 2.68 bits per heavy atom. The summed E-state index contributed by atoms with van der Waals surface area (Å²) in [7, 11) is 0. The predicted octanol–water partition coefficient (Wildman–Crippen LogP) is 1.44. The largest absolute Gasteiger partial charge is 0.508 e. The van der Waals surface area contributed by atoms with Gasteiger partial charge in [-0.25, -0.2) is 0 Å². The van der Waals surface area contributed by atoms with Crippen LogP contribution in [0.4, 0.5) is 5.69 Å². The van der Waals surface area contributed by atoms with Crippen LogP contribution in [-0.2, 0) is 9.59 Å². The molecule has 0 radical (unpaired) electrons. The van der Waals surface area contributed by atoms with Crippen LogP contribution in [0.1, 0.15) is 19.8 Å². The van der Waals surface area contributed by atoms with E-state index in [4.69, 9.17) is 0 Å². The number of carbonyl (C=O) groups is 2. The molecule has 0 spiro atoms. The van der Waals surface area contributed by atoms with Gasteiger partial charge in [-0.2, -0.15) is 0 Å². The third kappa shape index (κ3) is 5.22. The molecule has 1 fully saturated rings. The van der Waals surface area contributed by atoms with E-state index in [9.17, 15) is 19.8 Å². The average Bonchev–Trinajstić information content (AvgIpc) is 2.62. The number of nitrogens with zero attached hydrogens (tertiary/aromatic N) is 1. The first-order valence-electron chi connectivity index (χ1n) is 8.37. The van der Waals surface area contributed by atoms with Crippen molar-refractivity contribution in [2.45, 2.75) is 25.8 Å². The fourth-order valence-corrected chi connectivity index (χ4v) is 2.75. The predicted molar refractivity (Wildman–Crippen MR) is 95.4 cm³/mol. The van der Waals surface area contributed by atoms with Crippen LogP contribution < -0.4 is 10.6 Å². The number of hydrogen-bond donors (Lipinski definition) is 4. The van der Waals surface area contributed by atoms with Crippen LogP contribution in [0.3, 0.4) is 0 Å². The van der Waals surface area contributed by atoms with Crippen LogP contribution in [-0.4, -0.2) is 52.6 Å². The number of piperidine rings is 1. The summed E-state index contributed by atoms with van der Waals surface area (Å²) in [5.74, 6) is -0.531. The van der Waals surface area contributed by atoms with Crippen molar-refractivity contribution < 1.29 is 19.8 Å². The summed E-state index contributed by atoms with van der Waals surface area (Å²) in [6.45, 7) is 6.89. The van der Waals surface area contributed by atoms with E-state index in [1.807, 2.05) is 11.8 Å². The average molecular weight is 347 g/mol. The van der Waals surface area contributed by atoms with Gasteiger partial charge in [-0.3, -0.25) is 9.59 Å². The molecule has 1 saturated heterocycles. The Morgan fingerprint density at radius 1 is 1.36 bits per heavy atom. The lowest BCUT2D eigenvalue weighted by Crippen LogP contribution is -2.47. The summed E-state index contributed by atoms with van der Waals surface area (Å²) >= 11 is 0. The molecule has 1 unspecified atom stereocenters. The topological polar surface area (TPSA) is 102 Å². The number of hydrogen-bond acceptors (Lipinski definition) is 5. The van der Waals surface area contributed by atoms with Crippen LogP contribution in [0.25, 0.3) is 0 Å². The molecule has 1 aromatic rings. The molecule has 25 heavy (non-hydrogen) atoms. The first kappa shape index (κ1) is 18.8. The highest BCUT2D eigenvalue weighted by Crippen LogP contribution is 2.26. The van der Waals surface area contributed by atoms with Gasteiger partial charge in [-0.15, -0.1) is 6.58 Å². The van der Waals surface area contributed by atoms with Gasteiger partial charge in [0.05, 0.1) is 18.2 Å². The van der Waals surface area contributed by atoms with Gasteiger partial charge in [0.15, 0.2) is 0 Å². The molecule has 1 heterocycles. The molecule has 1 aromatic carbocycles. The maximum Gasteiger partial charge on any atom is 0.238 e. The van der Waals surface area contributed by atoms with Crippen molar-refractivity contribution in [3.8, 4) is 11.5 Å². The van der Waals surface area contributed by atoms with Gasteiger partial charge < -0.3 is 25.7 Å². The number of nitrogens with one attached hydrogen (secondary N) is 2. The third-order valence-corrected chi connectivity index (χ3v) is 4.36. The van der Waals surface area contributed by atoms with E-state index in [2.05, 4.69) is 17.2 Å². The molecule has 0 aliphatic carbocycles. The zero-order chi connectivity index (χ0) is 18.4. The SMILES string of the molecule is C=CC(C)C(=O)N1CCC(NCC(=O)Nc2cc(O)ccc2O)CC1. The molecule has 0 bridgehead atoms. The van der Waals surface area contributed by atoms with E-state index in [0.29, 0.717) is 13.1 Å². The van der Waals surface area contributed by atoms with Crippen molar-refractivity contribution in [2.75, 3.05) is 25.0 Å². The summed E-state index contributed by atoms with van der Waals surface area (Å²) in [6.07, 6.45) is 3.20. The lowest BCUT2D eigenvalue weighted by molar-refractivity contribution is -0.134. The monoisotopic (exact) mass is 347 g/mol. The molecule has 7 heteroatoms. The Kier molecular flexibility index (Phi) is 6.41. The van der Waals surface area contributed by atoms with Crippen LogP contribution in [0.5, 0.6) is 11.5 Å². The summed E-state index contributed by atoms with van der Waals surface area (Å²) in [5.41, 5.74) is 0.172. The molecule has 136 valence electrons. The molecule has 2 amide bonds. The van der Waals surface area contributed by atoms with E-state index in [0.717, 1.165) is 12.8 Å². The number of benzene rings is 1. The van der Waals surface area contributed by atoms with Crippen molar-refractivity contribution in [3.63, 3.8) is 0 Å². The maximum absolute atomic E-state index is 12.1. The van der Waals surface area contributed by atoms with Crippen LogP contribution >= 0.6 is 0 Å². The lowest BCUT2D eigenvalue weighted by atomic mass is 10.0. The van der Waals surface area contributed by atoms with Crippen LogP contribution in [0.15, 0.2) is 30.9 Å². The maximum atomic E-state index is 12.1. The quantitative estimate of drug-likeness (QED) is 0.354. The third-order valence-electron chi connectivity index (χ3n) is 4.36. The highest BCUT2D eigenvalue weighted by atomic mass is 16.3. The van der Waals surface area contributed by atoms with E-state index >= 15 is 0 Å². The Labute approximate surface area is 147 Å². The van der Waals surface area contributed by atoms with Crippen molar-refractivity contribution in [3.05, 3.63) is 30.9 Å². The summed E-state index contributed by atoms with van der Waals surface area (Å²) in [5, 5.41) is 24.8. The molecular weight excluding hydrogens is 322 g/mol. The first-order valence-corrected chi connectivity index (χ1v) is 8.37. The fraction of sp³-hybridized carbons (Fsp3) is 0.444. The van der Waals surface area contributed by atoms with Gasteiger partial charge in [0, 0.05) is 25.2 Å². The second-order valence-corrected chi connectivity index (χ2v) is 6.25. The number of rotatable bonds is 6. The van der Waals surface area contributed by atoms with Gasteiger partial charge in [-0.05, 0) is 25.0 Å². The molecular formula is C18H25N3O4. The zero-order valence-electron chi connectivity index (χ0n) is 14.4. The van der Waals surface area contributed by atoms with Gasteiger partial charge in [-0.1, -0.05) is 13.0 Å². The molecule has 0 saturated carbocycles. The standard InChI is InChI=1S/C18H25N3O4/c1-3-12(2)18(25)21-8-6-13(7-9-21)19-11-17(24)20-15-10-14(22)4-5-16(15)23/h3-5,10,12-13,19,22-23H,1,6-9,11H2,2H3,(H,20,24). The van der Waals surface area contributed by atoms with Crippen molar-refractivity contribution >= 4 is 17.5 Å². The summed E-state index contributed by atoms with van der Waals surface area (Å²) in [6, 6.07) is 4.10. The highest BCUT2D eigenvalue weighted by molar-refractivity contribution is 5.93. The molecule has 4 N–H and O–H groups in total. The molecule has 1 aliphatic rings. The van der Waals surface area contributed by atoms with Crippen molar-refractivity contribution in [1.29, 1.82) is 0 Å². The Hall–Kier alpha value is -2.54. The number of carbonyl (C=O) groups excluding carboxylic acids is 2. The van der Waals surface area contributed by atoms with Gasteiger partial charge in [0.1, 0.15) is 11.5 Å². The van der Waals surface area contributed by atoms with E-state index in [1.54, 1.807) is 6.08 Å². The number of phenols is 2. The van der Waals surface area contributed by atoms with Gasteiger partial charge in [0.2, 0.25) is 11.8 Å². The normalized spacial score (nSPS) is 16.3. The molecule has 7 nitrogen and oxygen atoms in total. The van der Waals surface area contributed by atoms with Gasteiger partial charge in [0.25, 0.3) is 0 Å². The number of anilines is 1. The number of amides is 2. The second-order valence-electron chi connectivity index (χ2n) is 6.25. The Bertz CT molecular complexity index is 639. The molecule has 0 aromatic heterocycles. The lowest BCUT2D eigenvalue weighted by Gasteiger charge is -2.33.